The van der Waals surface area contributed by atoms with Crippen molar-refractivity contribution < 1.29 is 0 Å². The lowest BCUT2D eigenvalue weighted by atomic mass is 9.98. The van der Waals surface area contributed by atoms with Crippen LogP contribution in [0.5, 0.6) is 0 Å². The number of nitrogens with zero attached hydrogens (tertiary/aromatic N) is 2. The summed E-state index contributed by atoms with van der Waals surface area (Å²) in [7, 11) is 0. The molecule has 0 saturated carbocycles. The molecule has 0 unspecified atom stereocenters. The Bertz CT molecular complexity index is 540. The first-order valence-corrected chi connectivity index (χ1v) is 6.88. The van der Waals surface area contributed by atoms with Crippen molar-refractivity contribution >= 4 is 15.9 Å². The van der Waals surface area contributed by atoms with Crippen molar-refractivity contribution in [2.45, 2.75) is 32.6 Å². The van der Waals surface area contributed by atoms with Crippen molar-refractivity contribution in [3.05, 3.63) is 45.7 Å². The van der Waals surface area contributed by atoms with Gasteiger partial charge in [0, 0.05) is 11.3 Å². The van der Waals surface area contributed by atoms with Gasteiger partial charge in [0.2, 0.25) is 0 Å². The van der Waals surface area contributed by atoms with E-state index in [0.717, 1.165) is 17.4 Å². The monoisotopic (exact) mass is 290 g/mol. The maximum Gasteiger partial charge on any atom is 0.132 e. The van der Waals surface area contributed by atoms with E-state index >= 15 is 0 Å². The average molecular weight is 291 g/mol. The van der Waals surface area contributed by atoms with Crippen LogP contribution in [-0.4, -0.2) is 9.78 Å². The molecular formula is C14H15BrN2. The zero-order valence-electron chi connectivity index (χ0n) is 9.91. The van der Waals surface area contributed by atoms with Crippen LogP contribution in [0, 0.1) is 6.92 Å². The Morgan fingerprint density at radius 2 is 1.82 bits per heavy atom. The average Bonchev–Trinajstić information content (AvgIpc) is 2.69. The third kappa shape index (κ3) is 1.93. The minimum atomic E-state index is 1.02. The van der Waals surface area contributed by atoms with Gasteiger partial charge in [-0.3, -0.25) is 0 Å². The molecule has 0 bridgehead atoms. The van der Waals surface area contributed by atoms with Gasteiger partial charge in [-0.05, 0) is 60.7 Å². The van der Waals surface area contributed by atoms with Gasteiger partial charge in [-0.1, -0.05) is 17.7 Å². The lowest BCUT2D eigenvalue weighted by Gasteiger charge is -2.13. The van der Waals surface area contributed by atoms with Gasteiger partial charge < -0.3 is 0 Å². The highest BCUT2D eigenvalue weighted by atomic mass is 79.9. The molecule has 88 valence electrons. The molecule has 0 fully saturated rings. The maximum absolute atomic E-state index is 4.63. The third-order valence-corrected chi connectivity index (χ3v) is 4.05. The lowest BCUT2D eigenvalue weighted by molar-refractivity contribution is 0.653. The molecule has 3 heteroatoms. The molecule has 1 heterocycles. The molecule has 0 saturated heterocycles. The van der Waals surface area contributed by atoms with Gasteiger partial charge in [0.1, 0.15) is 4.60 Å². The molecule has 0 atom stereocenters. The van der Waals surface area contributed by atoms with Crippen molar-refractivity contribution in [3.8, 4) is 5.69 Å². The highest BCUT2D eigenvalue weighted by Crippen LogP contribution is 2.29. The zero-order chi connectivity index (χ0) is 11.8. The van der Waals surface area contributed by atoms with Crippen LogP contribution in [0.15, 0.2) is 28.9 Å². The van der Waals surface area contributed by atoms with Crippen LogP contribution in [0.1, 0.15) is 29.7 Å². The van der Waals surface area contributed by atoms with Crippen LogP contribution in [0.4, 0.5) is 0 Å². The predicted molar refractivity (Wildman–Crippen MR) is 72.6 cm³/mol. The van der Waals surface area contributed by atoms with Crippen molar-refractivity contribution in [1.29, 1.82) is 0 Å². The Morgan fingerprint density at radius 3 is 2.59 bits per heavy atom. The van der Waals surface area contributed by atoms with E-state index in [2.05, 4.69) is 56.9 Å². The van der Waals surface area contributed by atoms with Crippen molar-refractivity contribution in [2.75, 3.05) is 0 Å². The molecule has 1 aromatic heterocycles. The molecule has 17 heavy (non-hydrogen) atoms. The summed E-state index contributed by atoms with van der Waals surface area (Å²) in [5.74, 6) is 0. The molecule has 0 amide bonds. The fourth-order valence-corrected chi connectivity index (χ4v) is 3.04. The molecule has 1 aliphatic carbocycles. The van der Waals surface area contributed by atoms with Gasteiger partial charge in [0.15, 0.2) is 0 Å². The smallest absolute Gasteiger partial charge is 0.132 e. The Kier molecular flexibility index (Phi) is 2.79. The van der Waals surface area contributed by atoms with E-state index in [4.69, 9.17) is 0 Å². The summed E-state index contributed by atoms with van der Waals surface area (Å²) in [5, 5.41) is 4.63. The van der Waals surface area contributed by atoms with E-state index in [0.29, 0.717) is 0 Å². The summed E-state index contributed by atoms with van der Waals surface area (Å²) < 4.78 is 3.12. The second kappa shape index (κ2) is 4.30. The van der Waals surface area contributed by atoms with Crippen LogP contribution in [0.3, 0.4) is 0 Å². The number of aromatic nitrogens is 2. The highest BCUT2D eigenvalue weighted by Gasteiger charge is 2.19. The molecule has 0 spiro atoms. The molecule has 2 aromatic rings. The number of halogens is 1. The van der Waals surface area contributed by atoms with Gasteiger partial charge >= 0.3 is 0 Å². The minimum absolute atomic E-state index is 1.02. The largest absolute Gasteiger partial charge is 0.236 e. The number of hydrogen-bond donors (Lipinski definition) is 0. The maximum atomic E-state index is 4.63. The first kappa shape index (κ1) is 11.0. The van der Waals surface area contributed by atoms with Crippen LogP contribution in [0.25, 0.3) is 5.69 Å². The number of fused-ring (bicyclic) bond motifs is 1. The SMILES string of the molecule is Cc1ccc(-n2nc(Br)c3c2CCCC3)cc1. The van der Waals surface area contributed by atoms with E-state index < -0.39 is 0 Å². The molecule has 0 radical (unpaired) electrons. The van der Waals surface area contributed by atoms with E-state index in [1.807, 2.05) is 0 Å². The van der Waals surface area contributed by atoms with Crippen LogP contribution < -0.4 is 0 Å². The molecule has 1 aliphatic rings. The molecule has 0 N–H and O–H groups in total. The Labute approximate surface area is 110 Å². The second-order valence-electron chi connectivity index (χ2n) is 4.67. The Hall–Kier alpha value is -1.09. The zero-order valence-corrected chi connectivity index (χ0v) is 11.5. The first-order valence-electron chi connectivity index (χ1n) is 6.09. The normalized spacial score (nSPS) is 14.7. The van der Waals surface area contributed by atoms with Crippen LogP contribution in [0.2, 0.25) is 0 Å². The molecular weight excluding hydrogens is 276 g/mol. The number of benzene rings is 1. The predicted octanol–water partition coefficient (Wildman–Crippen LogP) is 3.82. The van der Waals surface area contributed by atoms with E-state index in [-0.39, 0.29) is 0 Å². The van der Waals surface area contributed by atoms with Crippen molar-refractivity contribution in [2.24, 2.45) is 0 Å². The molecule has 1 aromatic carbocycles. The number of hydrogen-bond acceptors (Lipinski definition) is 1. The molecule has 2 nitrogen and oxygen atoms in total. The van der Waals surface area contributed by atoms with Crippen molar-refractivity contribution in [1.82, 2.24) is 9.78 Å². The van der Waals surface area contributed by atoms with Crippen LogP contribution >= 0.6 is 15.9 Å². The fourth-order valence-electron chi connectivity index (χ4n) is 2.45. The van der Waals surface area contributed by atoms with E-state index in [1.165, 1.54) is 35.3 Å². The first-order chi connectivity index (χ1) is 8.25. The number of aryl methyl sites for hydroxylation is 1. The summed E-state index contributed by atoms with van der Waals surface area (Å²) in [6.07, 6.45) is 4.85. The van der Waals surface area contributed by atoms with Gasteiger partial charge in [0.05, 0.1) is 5.69 Å². The van der Waals surface area contributed by atoms with E-state index in [1.54, 1.807) is 0 Å². The van der Waals surface area contributed by atoms with Crippen LogP contribution in [-0.2, 0) is 12.8 Å². The van der Waals surface area contributed by atoms with Gasteiger partial charge in [-0.25, -0.2) is 4.68 Å². The molecule has 3 rings (SSSR count). The quantitative estimate of drug-likeness (QED) is 0.781. The third-order valence-electron chi connectivity index (χ3n) is 3.41. The Balaban J connectivity index is 2.11. The van der Waals surface area contributed by atoms with Crippen molar-refractivity contribution in [3.63, 3.8) is 0 Å². The fraction of sp³-hybridized carbons (Fsp3) is 0.357. The lowest BCUT2D eigenvalue weighted by Crippen LogP contribution is -2.07. The van der Waals surface area contributed by atoms with E-state index in [9.17, 15) is 0 Å². The van der Waals surface area contributed by atoms with Gasteiger partial charge in [-0.15, -0.1) is 0 Å². The topological polar surface area (TPSA) is 17.8 Å². The second-order valence-corrected chi connectivity index (χ2v) is 5.42. The Morgan fingerprint density at radius 1 is 1.12 bits per heavy atom. The summed E-state index contributed by atoms with van der Waals surface area (Å²) in [6, 6.07) is 8.56. The minimum Gasteiger partial charge on any atom is -0.236 e. The number of rotatable bonds is 1. The molecule has 0 aliphatic heterocycles. The summed E-state index contributed by atoms with van der Waals surface area (Å²) in [4.78, 5) is 0. The van der Waals surface area contributed by atoms with Gasteiger partial charge in [-0.2, -0.15) is 5.10 Å². The summed E-state index contributed by atoms with van der Waals surface area (Å²) in [6.45, 7) is 2.11. The van der Waals surface area contributed by atoms with Gasteiger partial charge in [0.25, 0.3) is 0 Å². The summed E-state index contributed by atoms with van der Waals surface area (Å²) in [5.41, 5.74) is 5.23. The summed E-state index contributed by atoms with van der Waals surface area (Å²) >= 11 is 3.58. The highest BCUT2D eigenvalue weighted by molar-refractivity contribution is 9.10. The standard InChI is InChI=1S/C14H15BrN2/c1-10-6-8-11(9-7-10)17-13-5-3-2-4-12(13)14(15)16-17/h6-9H,2-5H2,1H3.